The molecule has 0 aliphatic rings. The molecule has 1 heterocycles. The third-order valence-corrected chi connectivity index (χ3v) is 2.90. The second-order valence-electron chi connectivity index (χ2n) is 2.76. The smallest absolute Gasteiger partial charge is 0.126 e. The molecule has 0 radical (unpaired) electrons. The van der Waals surface area contributed by atoms with Crippen LogP contribution in [0.4, 0.5) is 0 Å². The van der Waals surface area contributed by atoms with Crippen molar-refractivity contribution in [3.8, 4) is 5.75 Å². The lowest BCUT2D eigenvalue weighted by molar-refractivity contribution is 0.481. The van der Waals surface area contributed by atoms with Crippen molar-refractivity contribution in [2.75, 3.05) is 0 Å². The van der Waals surface area contributed by atoms with Gasteiger partial charge in [-0.1, -0.05) is 6.07 Å². The molecule has 2 nitrogen and oxygen atoms in total. The van der Waals surface area contributed by atoms with Crippen LogP contribution in [0.3, 0.4) is 0 Å². The van der Waals surface area contributed by atoms with E-state index in [-0.39, 0.29) is 0 Å². The number of aromatic nitrogens is 1. The minimum atomic E-state index is 0.309. The average molecular weight is 226 g/mol. The van der Waals surface area contributed by atoms with Gasteiger partial charge in [0.05, 0.1) is 10.9 Å². The van der Waals surface area contributed by atoms with Gasteiger partial charge in [0.25, 0.3) is 0 Å². The minimum absolute atomic E-state index is 0.309. The molecular weight excluding hydrogens is 218 g/mol. The SMILES string of the molecule is Cc1[nH]c2cccc(O)c2c1Br. The predicted molar refractivity (Wildman–Crippen MR) is 52.4 cm³/mol. The van der Waals surface area contributed by atoms with Crippen LogP contribution in [0.15, 0.2) is 22.7 Å². The number of phenols is 1. The molecule has 0 spiro atoms. The fourth-order valence-corrected chi connectivity index (χ4v) is 1.84. The van der Waals surface area contributed by atoms with Gasteiger partial charge in [0.1, 0.15) is 5.75 Å². The maximum Gasteiger partial charge on any atom is 0.126 e. The van der Waals surface area contributed by atoms with E-state index in [4.69, 9.17) is 0 Å². The number of benzene rings is 1. The Kier molecular flexibility index (Phi) is 1.61. The summed E-state index contributed by atoms with van der Waals surface area (Å²) in [7, 11) is 0. The summed E-state index contributed by atoms with van der Waals surface area (Å²) in [6.07, 6.45) is 0. The van der Waals surface area contributed by atoms with Crippen molar-refractivity contribution in [1.82, 2.24) is 4.98 Å². The summed E-state index contributed by atoms with van der Waals surface area (Å²) in [6, 6.07) is 5.44. The number of H-pyrrole nitrogens is 1. The number of phenolic OH excluding ortho intramolecular Hbond substituents is 1. The summed E-state index contributed by atoms with van der Waals surface area (Å²) < 4.78 is 0.940. The van der Waals surface area contributed by atoms with E-state index in [0.717, 1.165) is 21.1 Å². The van der Waals surface area contributed by atoms with Gasteiger partial charge in [0.15, 0.2) is 0 Å². The topological polar surface area (TPSA) is 36.0 Å². The van der Waals surface area contributed by atoms with Crippen molar-refractivity contribution in [2.24, 2.45) is 0 Å². The molecule has 1 aromatic heterocycles. The first-order chi connectivity index (χ1) is 5.70. The van der Waals surface area contributed by atoms with Crippen LogP contribution >= 0.6 is 15.9 Å². The maximum atomic E-state index is 9.52. The number of hydrogen-bond donors (Lipinski definition) is 2. The molecule has 0 amide bonds. The van der Waals surface area contributed by atoms with Gasteiger partial charge in [-0.3, -0.25) is 0 Å². The van der Waals surface area contributed by atoms with Crippen LogP contribution in [0, 0.1) is 6.92 Å². The number of rotatable bonds is 0. The fourth-order valence-electron chi connectivity index (χ4n) is 1.32. The van der Waals surface area contributed by atoms with Crippen LogP contribution in [0.2, 0.25) is 0 Å². The van der Waals surface area contributed by atoms with E-state index in [1.807, 2.05) is 19.1 Å². The first kappa shape index (κ1) is 7.68. The van der Waals surface area contributed by atoms with Crippen molar-refractivity contribution in [2.45, 2.75) is 6.92 Å². The van der Waals surface area contributed by atoms with E-state index >= 15 is 0 Å². The highest BCUT2D eigenvalue weighted by molar-refractivity contribution is 9.10. The molecule has 2 aromatic rings. The summed E-state index contributed by atoms with van der Waals surface area (Å²) in [5, 5.41) is 10.4. The summed E-state index contributed by atoms with van der Waals surface area (Å²) >= 11 is 3.41. The zero-order valence-electron chi connectivity index (χ0n) is 6.56. The highest BCUT2D eigenvalue weighted by Gasteiger charge is 2.08. The lowest BCUT2D eigenvalue weighted by Gasteiger charge is -1.93. The molecule has 0 saturated heterocycles. The van der Waals surface area contributed by atoms with Gasteiger partial charge in [-0.25, -0.2) is 0 Å². The van der Waals surface area contributed by atoms with Crippen molar-refractivity contribution < 1.29 is 5.11 Å². The van der Waals surface area contributed by atoms with Gasteiger partial charge in [0.2, 0.25) is 0 Å². The highest BCUT2D eigenvalue weighted by atomic mass is 79.9. The summed E-state index contributed by atoms with van der Waals surface area (Å²) in [5.41, 5.74) is 1.99. The highest BCUT2D eigenvalue weighted by Crippen LogP contribution is 2.33. The normalized spacial score (nSPS) is 10.8. The molecule has 0 saturated carbocycles. The minimum Gasteiger partial charge on any atom is -0.507 e. The molecule has 12 heavy (non-hydrogen) atoms. The Labute approximate surface area is 78.3 Å². The zero-order chi connectivity index (χ0) is 8.72. The van der Waals surface area contributed by atoms with Crippen molar-refractivity contribution >= 4 is 26.8 Å². The van der Waals surface area contributed by atoms with E-state index < -0.39 is 0 Å². The summed E-state index contributed by atoms with van der Waals surface area (Å²) in [4.78, 5) is 3.16. The second kappa shape index (κ2) is 2.52. The molecule has 62 valence electrons. The van der Waals surface area contributed by atoms with Crippen LogP contribution in [-0.2, 0) is 0 Å². The van der Waals surface area contributed by atoms with Gasteiger partial charge < -0.3 is 10.1 Å². The Bertz CT molecular complexity index is 433. The molecule has 0 aliphatic heterocycles. The average Bonchev–Trinajstić information content (AvgIpc) is 2.29. The Hall–Kier alpha value is -0.960. The predicted octanol–water partition coefficient (Wildman–Crippen LogP) is 2.94. The van der Waals surface area contributed by atoms with Crippen LogP contribution in [0.5, 0.6) is 5.75 Å². The summed E-state index contributed by atoms with van der Waals surface area (Å²) in [5.74, 6) is 0.309. The monoisotopic (exact) mass is 225 g/mol. The number of halogens is 1. The molecule has 0 bridgehead atoms. The van der Waals surface area contributed by atoms with E-state index in [2.05, 4.69) is 20.9 Å². The van der Waals surface area contributed by atoms with Gasteiger partial charge in [-0.05, 0) is 35.0 Å². The third kappa shape index (κ3) is 0.932. The van der Waals surface area contributed by atoms with Gasteiger partial charge >= 0.3 is 0 Å². The lowest BCUT2D eigenvalue weighted by Crippen LogP contribution is -1.67. The standard InChI is InChI=1S/C9H8BrNO/c1-5-9(10)8-6(11-5)3-2-4-7(8)12/h2-4,11-12H,1H3. The van der Waals surface area contributed by atoms with Crippen LogP contribution < -0.4 is 0 Å². The summed E-state index contributed by atoms with van der Waals surface area (Å²) in [6.45, 7) is 1.96. The molecule has 3 heteroatoms. The Morgan fingerprint density at radius 1 is 1.42 bits per heavy atom. The zero-order valence-corrected chi connectivity index (χ0v) is 8.14. The second-order valence-corrected chi connectivity index (χ2v) is 3.56. The van der Waals surface area contributed by atoms with E-state index in [0.29, 0.717) is 5.75 Å². The van der Waals surface area contributed by atoms with Gasteiger partial charge in [-0.2, -0.15) is 0 Å². The quantitative estimate of drug-likeness (QED) is 0.711. The molecule has 2 rings (SSSR count). The fraction of sp³-hybridized carbons (Fsp3) is 0.111. The molecule has 0 atom stereocenters. The molecule has 1 aromatic carbocycles. The maximum absolute atomic E-state index is 9.52. The molecule has 0 unspecified atom stereocenters. The largest absolute Gasteiger partial charge is 0.507 e. The first-order valence-electron chi connectivity index (χ1n) is 3.66. The van der Waals surface area contributed by atoms with Gasteiger partial charge in [0, 0.05) is 10.2 Å². The van der Waals surface area contributed by atoms with Crippen molar-refractivity contribution in [3.63, 3.8) is 0 Å². The van der Waals surface area contributed by atoms with E-state index in [9.17, 15) is 5.11 Å². The van der Waals surface area contributed by atoms with Crippen LogP contribution in [0.25, 0.3) is 10.9 Å². The number of aromatic hydroxyl groups is 1. The number of aryl methyl sites for hydroxylation is 1. The molecular formula is C9H8BrNO. The molecule has 0 fully saturated rings. The Balaban J connectivity index is 2.97. The van der Waals surface area contributed by atoms with E-state index in [1.54, 1.807) is 6.07 Å². The third-order valence-electron chi connectivity index (χ3n) is 1.91. The van der Waals surface area contributed by atoms with Gasteiger partial charge in [-0.15, -0.1) is 0 Å². The number of fused-ring (bicyclic) bond motifs is 1. The van der Waals surface area contributed by atoms with Crippen LogP contribution in [0.1, 0.15) is 5.69 Å². The van der Waals surface area contributed by atoms with Crippen molar-refractivity contribution in [1.29, 1.82) is 0 Å². The van der Waals surface area contributed by atoms with E-state index in [1.165, 1.54) is 0 Å². The number of aromatic amines is 1. The molecule has 0 aliphatic carbocycles. The van der Waals surface area contributed by atoms with Crippen LogP contribution in [-0.4, -0.2) is 10.1 Å². The molecule has 2 N–H and O–H groups in total. The lowest BCUT2D eigenvalue weighted by atomic mass is 10.2. The van der Waals surface area contributed by atoms with Crippen molar-refractivity contribution in [3.05, 3.63) is 28.4 Å². The number of hydrogen-bond acceptors (Lipinski definition) is 1. The number of nitrogens with one attached hydrogen (secondary N) is 1. The first-order valence-corrected chi connectivity index (χ1v) is 4.45. The Morgan fingerprint density at radius 2 is 2.17 bits per heavy atom. The Morgan fingerprint density at radius 3 is 2.83 bits per heavy atom.